The molecule has 0 aliphatic heterocycles. The third kappa shape index (κ3) is 4.87. The Balaban J connectivity index is 2.53. The number of anilines is 1. The minimum absolute atomic E-state index is 0.253. The SMILES string of the molecule is CCNC(CCN(C)c1ccc(F)cc1)C(=O)OC. The maximum Gasteiger partial charge on any atom is 0.322 e. The van der Waals surface area contributed by atoms with Crippen LogP contribution in [-0.4, -0.2) is 39.3 Å². The number of ether oxygens (including phenoxy) is 1. The Morgan fingerprint density at radius 3 is 2.58 bits per heavy atom. The molecule has 0 saturated heterocycles. The molecule has 0 aromatic heterocycles. The number of hydrogen-bond donors (Lipinski definition) is 1. The van der Waals surface area contributed by atoms with Gasteiger partial charge in [0.2, 0.25) is 0 Å². The summed E-state index contributed by atoms with van der Waals surface area (Å²) in [6.07, 6.45) is 0.633. The van der Waals surface area contributed by atoms with Crippen molar-refractivity contribution in [3.63, 3.8) is 0 Å². The number of methoxy groups -OCH3 is 1. The van der Waals surface area contributed by atoms with Crippen LogP contribution < -0.4 is 10.2 Å². The van der Waals surface area contributed by atoms with Gasteiger partial charge in [-0.15, -0.1) is 0 Å². The van der Waals surface area contributed by atoms with Gasteiger partial charge in [-0.05, 0) is 37.2 Å². The summed E-state index contributed by atoms with van der Waals surface area (Å²) >= 11 is 0. The Kier molecular flexibility index (Phi) is 6.29. The average Bonchev–Trinajstić information content (AvgIpc) is 2.43. The number of nitrogens with zero attached hydrogens (tertiary/aromatic N) is 1. The number of halogens is 1. The van der Waals surface area contributed by atoms with Gasteiger partial charge in [-0.3, -0.25) is 4.79 Å². The molecule has 0 aliphatic carbocycles. The van der Waals surface area contributed by atoms with Gasteiger partial charge in [0.05, 0.1) is 7.11 Å². The summed E-state index contributed by atoms with van der Waals surface area (Å²) in [6.45, 7) is 3.33. The summed E-state index contributed by atoms with van der Waals surface area (Å²) in [7, 11) is 3.30. The molecule has 4 nitrogen and oxygen atoms in total. The normalized spacial score (nSPS) is 12.0. The van der Waals surface area contributed by atoms with Crippen LogP contribution in [0.2, 0.25) is 0 Å². The summed E-state index contributed by atoms with van der Waals surface area (Å²) < 4.78 is 17.6. The van der Waals surface area contributed by atoms with Crippen molar-refractivity contribution < 1.29 is 13.9 Å². The van der Waals surface area contributed by atoms with Gasteiger partial charge in [0.1, 0.15) is 11.9 Å². The molecular weight excluding hydrogens is 247 g/mol. The van der Waals surface area contributed by atoms with Crippen LogP contribution in [0, 0.1) is 5.82 Å². The number of esters is 1. The predicted molar refractivity (Wildman–Crippen MR) is 73.8 cm³/mol. The molecule has 0 fully saturated rings. The highest BCUT2D eigenvalue weighted by Crippen LogP contribution is 2.13. The summed E-state index contributed by atoms with van der Waals surface area (Å²) in [4.78, 5) is 13.5. The van der Waals surface area contributed by atoms with Crippen LogP contribution in [0.15, 0.2) is 24.3 Å². The molecule has 0 spiro atoms. The average molecular weight is 268 g/mol. The summed E-state index contributed by atoms with van der Waals surface area (Å²) in [5, 5.41) is 3.09. The molecule has 0 heterocycles. The van der Waals surface area contributed by atoms with Gasteiger partial charge in [-0.2, -0.15) is 0 Å². The van der Waals surface area contributed by atoms with Crippen LogP contribution in [0.5, 0.6) is 0 Å². The zero-order valence-corrected chi connectivity index (χ0v) is 11.6. The van der Waals surface area contributed by atoms with Crippen molar-refractivity contribution in [2.45, 2.75) is 19.4 Å². The van der Waals surface area contributed by atoms with E-state index in [0.717, 1.165) is 5.69 Å². The third-order valence-corrected chi connectivity index (χ3v) is 2.96. The molecule has 0 amide bonds. The molecule has 1 aromatic rings. The van der Waals surface area contributed by atoms with E-state index >= 15 is 0 Å². The van der Waals surface area contributed by atoms with Crippen LogP contribution in [0.1, 0.15) is 13.3 Å². The Morgan fingerprint density at radius 2 is 2.05 bits per heavy atom. The van der Waals surface area contributed by atoms with Crippen LogP contribution >= 0.6 is 0 Å². The Morgan fingerprint density at radius 1 is 1.42 bits per heavy atom. The lowest BCUT2D eigenvalue weighted by atomic mass is 10.2. The molecule has 0 radical (unpaired) electrons. The molecule has 0 aliphatic rings. The van der Waals surface area contributed by atoms with Crippen molar-refractivity contribution in [2.75, 3.05) is 32.1 Å². The zero-order chi connectivity index (χ0) is 14.3. The number of hydrogen-bond acceptors (Lipinski definition) is 4. The molecule has 0 bridgehead atoms. The van der Waals surface area contributed by atoms with Crippen molar-refractivity contribution in [1.82, 2.24) is 5.32 Å². The molecule has 1 rings (SSSR count). The van der Waals surface area contributed by atoms with Crippen molar-refractivity contribution >= 4 is 11.7 Å². The fourth-order valence-electron chi connectivity index (χ4n) is 1.84. The van der Waals surface area contributed by atoms with Crippen LogP contribution in [0.25, 0.3) is 0 Å². The number of carbonyl (C=O) groups excluding carboxylic acids is 1. The molecule has 5 heteroatoms. The first-order valence-corrected chi connectivity index (χ1v) is 6.36. The number of carbonyl (C=O) groups is 1. The van der Waals surface area contributed by atoms with Gasteiger partial charge in [-0.1, -0.05) is 6.92 Å². The number of nitrogens with one attached hydrogen (secondary N) is 1. The predicted octanol–water partition coefficient (Wildman–Crippen LogP) is 1.80. The summed E-state index contributed by atoms with van der Waals surface area (Å²) in [5.41, 5.74) is 0.918. The molecule has 19 heavy (non-hydrogen) atoms. The minimum Gasteiger partial charge on any atom is -0.468 e. The van der Waals surface area contributed by atoms with Gasteiger partial charge in [0.25, 0.3) is 0 Å². The maximum atomic E-state index is 12.8. The molecular formula is C14H21FN2O2. The van der Waals surface area contributed by atoms with E-state index in [9.17, 15) is 9.18 Å². The van der Waals surface area contributed by atoms with E-state index < -0.39 is 0 Å². The topological polar surface area (TPSA) is 41.6 Å². The second-order valence-electron chi connectivity index (χ2n) is 4.32. The first-order chi connectivity index (χ1) is 9.08. The van der Waals surface area contributed by atoms with Gasteiger partial charge < -0.3 is 15.0 Å². The molecule has 0 saturated carbocycles. The highest BCUT2D eigenvalue weighted by molar-refractivity contribution is 5.75. The quantitative estimate of drug-likeness (QED) is 0.766. The lowest BCUT2D eigenvalue weighted by molar-refractivity contribution is -0.143. The summed E-state index contributed by atoms with van der Waals surface area (Å²) in [5.74, 6) is -0.508. The van der Waals surface area contributed by atoms with Gasteiger partial charge >= 0.3 is 5.97 Å². The van der Waals surface area contributed by atoms with Crippen LogP contribution in [0.3, 0.4) is 0 Å². The molecule has 106 valence electrons. The Labute approximate surface area is 113 Å². The van der Waals surface area contributed by atoms with E-state index in [2.05, 4.69) is 5.32 Å². The number of benzene rings is 1. The first-order valence-electron chi connectivity index (χ1n) is 6.36. The zero-order valence-electron chi connectivity index (χ0n) is 11.6. The fraction of sp³-hybridized carbons (Fsp3) is 0.500. The van der Waals surface area contributed by atoms with E-state index in [-0.39, 0.29) is 17.8 Å². The largest absolute Gasteiger partial charge is 0.468 e. The van der Waals surface area contributed by atoms with Crippen LogP contribution in [-0.2, 0) is 9.53 Å². The third-order valence-electron chi connectivity index (χ3n) is 2.96. The highest BCUT2D eigenvalue weighted by Gasteiger charge is 2.18. The number of likely N-dealkylation sites (N-methyl/N-ethyl adjacent to an activating group) is 1. The van der Waals surface area contributed by atoms with Crippen LogP contribution in [0.4, 0.5) is 10.1 Å². The van der Waals surface area contributed by atoms with Gasteiger partial charge in [0, 0.05) is 19.3 Å². The fourth-order valence-corrected chi connectivity index (χ4v) is 1.84. The number of rotatable bonds is 7. The van der Waals surface area contributed by atoms with E-state index in [1.165, 1.54) is 19.2 Å². The Hall–Kier alpha value is -1.62. The Bertz CT molecular complexity index is 395. The maximum absolute atomic E-state index is 12.8. The van der Waals surface area contributed by atoms with E-state index in [1.807, 2.05) is 18.9 Å². The van der Waals surface area contributed by atoms with Crippen molar-refractivity contribution in [3.8, 4) is 0 Å². The van der Waals surface area contributed by atoms with Gasteiger partial charge in [-0.25, -0.2) is 4.39 Å². The second-order valence-corrected chi connectivity index (χ2v) is 4.32. The minimum atomic E-state index is -0.308. The lowest BCUT2D eigenvalue weighted by Gasteiger charge is -2.22. The van der Waals surface area contributed by atoms with Crippen molar-refractivity contribution in [1.29, 1.82) is 0 Å². The smallest absolute Gasteiger partial charge is 0.322 e. The summed E-state index contributed by atoms with van der Waals surface area (Å²) in [6, 6.07) is 5.98. The van der Waals surface area contributed by atoms with Gasteiger partial charge in [0.15, 0.2) is 0 Å². The highest BCUT2D eigenvalue weighted by atomic mass is 19.1. The van der Waals surface area contributed by atoms with E-state index in [4.69, 9.17) is 4.74 Å². The van der Waals surface area contributed by atoms with E-state index in [1.54, 1.807) is 12.1 Å². The molecule has 1 atom stereocenters. The first kappa shape index (κ1) is 15.4. The van der Waals surface area contributed by atoms with Crippen molar-refractivity contribution in [3.05, 3.63) is 30.1 Å². The molecule has 1 unspecified atom stereocenters. The van der Waals surface area contributed by atoms with E-state index in [0.29, 0.717) is 19.5 Å². The standard InChI is InChI=1S/C14H21FN2O2/c1-4-16-13(14(18)19-3)9-10-17(2)12-7-5-11(15)6-8-12/h5-8,13,16H,4,9-10H2,1-3H3. The molecule has 1 aromatic carbocycles. The second kappa shape index (κ2) is 7.74. The van der Waals surface area contributed by atoms with Crippen molar-refractivity contribution in [2.24, 2.45) is 0 Å². The lowest BCUT2D eigenvalue weighted by Crippen LogP contribution is -2.40. The molecule has 1 N–H and O–H groups in total. The monoisotopic (exact) mass is 268 g/mol.